The summed E-state index contributed by atoms with van der Waals surface area (Å²) in [6, 6.07) is 3.63. The summed E-state index contributed by atoms with van der Waals surface area (Å²) in [6.45, 7) is 2.85. The number of halogens is 3. The van der Waals surface area contributed by atoms with Gasteiger partial charge in [-0.1, -0.05) is 19.9 Å². The number of carboxylic acid groups (broad SMARTS) is 1. The van der Waals surface area contributed by atoms with Gasteiger partial charge in [-0.25, -0.2) is 0 Å². The summed E-state index contributed by atoms with van der Waals surface area (Å²) in [6.07, 6.45) is -4.48. The zero-order chi connectivity index (χ0) is 16.9. The number of nitrogens with one attached hydrogen (secondary N) is 2. The minimum atomic E-state index is -4.48. The van der Waals surface area contributed by atoms with Gasteiger partial charge in [-0.05, 0) is 24.1 Å². The van der Waals surface area contributed by atoms with E-state index in [1.165, 1.54) is 12.1 Å². The van der Waals surface area contributed by atoms with Crippen LogP contribution in [0.4, 0.5) is 18.9 Å². The summed E-state index contributed by atoms with van der Waals surface area (Å²) in [5.41, 5.74) is -0.690. The lowest BCUT2D eigenvalue weighted by molar-refractivity contribution is -0.138. The molecule has 0 spiro atoms. The Bertz CT molecular complexity index is 544. The molecule has 1 amide bonds. The predicted octanol–water partition coefficient (Wildman–Crippen LogP) is 2.34. The Kier molecular flexibility index (Phi) is 5.78. The first kappa shape index (κ1) is 17.8. The van der Waals surface area contributed by atoms with Gasteiger partial charge in [0.05, 0.1) is 5.56 Å². The number of amides is 1. The Morgan fingerprint density at radius 2 is 1.91 bits per heavy atom. The zero-order valence-electron chi connectivity index (χ0n) is 12.1. The van der Waals surface area contributed by atoms with E-state index in [0.717, 1.165) is 12.1 Å². The molecule has 1 unspecified atom stereocenters. The first-order valence-electron chi connectivity index (χ1n) is 6.54. The van der Waals surface area contributed by atoms with Crippen molar-refractivity contribution < 1.29 is 27.9 Å². The number of hydrogen-bond acceptors (Lipinski definition) is 3. The van der Waals surface area contributed by atoms with E-state index in [0.29, 0.717) is 0 Å². The quantitative estimate of drug-likeness (QED) is 0.752. The van der Waals surface area contributed by atoms with Gasteiger partial charge in [-0.2, -0.15) is 13.2 Å². The molecule has 0 saturated carbocycles. The number of benzene rings is 1. The molecule has 0 heterocycles. The second-order valence-electron chi connectivity index (χ2n) is 5.06. The molecule has 0 aliphatic heterocycles. The first-order valence-corrected chi connectivity index (χ1v) is 6.54. The van der Waals surface area contributed by atoms with E-state index in [2.05, 4.69) is 10.6 Å². The van der Waals surface area contributed by atoms with E-state index in [1.54, 1.807) is 13.8 Å². The molecule has 1 rings (SSSR count). The molecule has 122 valence electrons. The smallest absolute Gasteiger partial charge is 0.416 e. The van der Waals surface area contributed by atoms with Gasteiger partial charge in [0.2, 0.25) is 5.91 Å². The molecule has 1 atom stereocenters. The second kappa shape index (κ2) is 7.15. The van der Waals surface area contributed by atoms with Crippen LogP contribution >= 0.6 is 0 Å². The molecule has 5 nitrogen and oxygen atoms in total. The van der Waals surface area contributed by atoms with Crippen molar-refractivity contribution in [2.75, 3.05) is 11.9 Å². The second-order valence-corrected chi connectivity index (χ2v) is 5.06. The number of rotatable bonds is 6. The van der Waals surface area contributed by atoms with Crippen LogP contribution in [0.3, 0.4) is 0 Å². The fourth-order valence-corrected chi connectivity index (χ4v) is 1.77. The van der Waals surface area contributed by atoms with Crippen molar-refractivity contribution in [3.05, 3.63) is 29.8 Å². The van der Waals surface area contributed by atoms with Gasteiger partial charge in [0.1, 0.15) is 12.6 Å². The lowest BCUT2D eigenvalue weighted by Gasteiger charge is -2.23. The first-order chi connectivity index (χ1) is 10.1. The summed E-state index contributed by atoms with van der Waals surface area (Å²) in [7, 11) is 0. The van der Waals surface area contributed by atoms with Crippen molar-refractivity contribution in [1.82, 2.24) is 5.32 Å². The lowest BCUT2D eigenvalue weighted by Crippen LogP contribution is -2.44. The molecule has 0 saturated heterocycles. The van der Waals surface area contributed by atoms with E-state index >= 15 is 0 Å². The Hall–Kier alpha value is -2.25. The standard InChI is InChI=1S/C14H17F3N2O3/c1-8(2)12(13(22)18-7-11(20)21)19-10-5-3-4-9(6-10)14(15,16)17/h3-6,8,12,19H,7H2,1-2H3,(H,18,22)(H,20,21). The number of carbonyl (C=O) groups is 2. The molecular formula is C14H17F3N2O3. The van der Waals surface area contributed by atoms with Crippen LogP contribution in [0.2, 0.25) is 0 Å². The monoisotopic (exact) mass is 318 g/mol. The summed E-state index contributed by atoms with van der Waals surface area (Å²) >= 11 is 0. The van der Waals surface area contributed by atoms with Crippen LogP contribution in [0, 0.1) is 5.92 Å². The molecule has 0 aromatic heterocycles. The van der Waals surface area contributed by atoms with E-state index in [-0.39, 0.29) is 11.6 Å². The topological polar surface area (TPSA) is 78.4 Å². The predicted molar refractivity (Wildman–Crippen MR) is 74.3 cm³/mol. The molecule has 1 aromatic carbocycles. The summed E-state index contributed by atoms with van der Waals surface area (Å²) < 4.78 is 38.0. The van der Waals surface area contributed by atoms with E-state index in [9.17, 15) is 22.8 Å². The van der Waals surface area contributed by atoms with Gasteiger partial charge in [-0.3, -0.25) is 9.59 Å². The van der Waals surface area contributed by atoms with E-state index in [4.69, 9.17) is 5.11 Å². The van der Waals surface area contributed by atoms with Gasteiger partial charge in [-0.15, -0.1) is 0 Å². The largest absolute Gasteiger partial charge is 0.480 e. The molecule has 3 N–H and O–H groups in total. The highest BCUT2D eigenvalue weighted by molar-refractivity contribution is 5.87. The Morgan fingerprint density at radius 1 is 1.27 bits per heavy atom. The maximum absolute atomic E-state index is 12.7. The maximum atomic E-state index is 12.7. The highest BCUT2D eigenvalue weighted by Gasteiger charge is 2.31. The molecule has 1 aromatic rings. The minimum Gasteiger partial charge on any atom is -0.480 e. The third-order valence-electron chi connectivity index (χ3n) is 2.88. The van der Waals surface area contributed by atoms with Gasteiger partial charge < -0.3 is 15.7 Å². The summed E-state index contributed by atoms with van der Waals surface area (Å²) in [4.78, 5) is 22.4. The van der Waals surface area contributed by atoms with Gasteiger partial charge >= 0.3 is 12.1 Å². The number of aliphatic carboxylic acids is 1. The average Bonchev–Trinajstić information content (AvgIpc) is 2.41. The minimum absolute atomic E-state index is 0.138. The van der Waals surface area contributed by atoms with Crippen LogP contribution in [0.5, 0.6) is 0 Å². The van der Waals surface area contributed by atoms with Crippen molar-refractivity contribution >= 4 is 17.6 Å². The van der Waals surface area contributed by atoms with Crippen LogP contribution in [0.15, 0.2) is 24.3 Å². The normalized spacial score (nSPS) is 12.8. The molecule has 0 aliphatic carbocycles. The molecule has 0 aliphatic rings. The Morgan fingerprint density at radius 3 is 2.41 bits per heavy atom. The third kappa shape index (κ3) is 5.27. The van der Waals surface area contributed by atoms with E-state index < -0.39 is 36.2 Å². The molecule has 8 heteroatoms. The van der Waals surface area contributed by atoms with Crippen LogP contribution in [-0.4, -0.2) is 29.6 Å². The number of anilines is 1. The van der Waals surface area contributed by atoms with Crippen LogP contribution in [-0.2, 0) is 15.8 Å². The number of carbonyl (C=O) groups excluding carboxylic acids is 1. The molecule has 22 heavy (non-hydrogen) atoms. The van der Waals surface area contributed by atoms with Gasteiger partial charge in [0.15, 0.2) is 0 Å². The maximum Gasteiger partial charge on any atom is 0.416 e. The fourth-order valence-electron chi connectivity index (χ4n) is 1.77. The molecule has 0 radical (unpaired) electrons. The zero-order valence-corrected chi connectivity index (χ0v) is 12.1. The molecule has 0 bridgehead atoms. The third-order valence-corrected chi connectivity index (χ3v) is 2.88. The Balaban J connectivity index is 2.87. The Labute approximate surface area is 125 Å². The average molecular weight is 318 g/mol. The number of carboxylic acids is 1. The number of hydrogen-bond donors (Lipinski definition) is 3. The molecular weight excluding hydrogens is 301 g/mol. The number of alkyl halides is 3. The van der Waals surface area contributed by atoms with E-state index in [1.807, 2.05) is 0 Å². The fraction of sp³-hybridized carbons (Fsp3) is 0.429. The van der Waals surface area contributed by atoms with Crippen molar-refractivity contribution in [2.24, 2.45) is 5.92 Å². The highest BCUT2D eigenvalue weighted by atomic mass is 19.4. The van der Waals surface area contributed by atoms with Crippen LogP contribution in [0.1, 0.15) is 19.4 Å². The van der Waals surface area contributed by atoms with Crippen LogP contribution in [0.25, 0.3) is 0 Å². The molecule has 0 fully saturated rings. The van der Waals surface area contributed by atoms with Crippen molar-refractivity contribution in [1.29, 1.82) is 0 Å². The summed E-state index contributed by atoms with van der Waals surface area (Å²) in [5.74, 6) is -2.03. The lowest BCUT2D eigenvalue weighted by atomic mass is 10.0. The summed E-state index contributed by atoms with van der Waals surface area (Å²) in [5, 5.41) is 13.5. The van der Waals surface area contributed by atoms with Gasteiger partial charge in [0.25, 0.3) is 0 Å². The van der Waals surface area contributed by atoms with Crippen LogP contribution < -0.4 is 10.6 Å². The SMILES string of the molecule is CC(C)C(Nc1cccc(C(F)(F)F)c1)C(=O)NCC(=O)O. The van der Waals surface area contributed by atoms with Gasteiger partial charge in [0, 0.05) is 5.69 Å². The van der Waals surface area contributed by atoms with Crippen molar-refractivity contribution in [3.63, 3.8) is 0 Å². The highest BCUT2D eigenvalue weighted by Crippen LogP contribution is 2.31. The van der Waals surface area contributed by atoms with Crippen molar-refractivity contribution in [2.45, 2.75) is 26.1 Å². The van der Waals surface area contributed by atoms with Crippen molar-refractivity contribution in [3.8, 4) is 0 Å².